The molecule has 0 aromatic heterocycles. The van der Waals surface area contributed by atoms with Gasteiger partial charge in [0.25, 0.3) is 5.91 Å². The lowest BCUT2D eigenvalue weighted by Gasteiger charge is -2.20. The van der Waals surface area contributed by atoms with Crippen LogP contribution in [0.15, 0.2) is 17.3 Å². The lowest BCUT2D eigenvalue weighted by Crippen LogP contribution is -2.31. The molecule has 146 valence electrons. The largest absolute Gasteiger partial charge is 0.466 e. The Kier molecular flexibility index (Phi) is 6.22. The minimum atomic E-state index is -0.601. The normalized spacial score (nSPS) is 13.9. The molecule has 2 rings (SSSR count). The van der Waals surface area contributed by atoms with E-state index in [0.29, 0.717) is 11.4 Å². The molecule has 2 amide bonds. The Hall–Kier alpha value is -2.87. The van der Waals surface area contributed by atoms with E-state index in [1.807, 2.05) is 26.8 Å². The van der Waals surface area contributed by atoms with Gasteiger partial charge in [-0.3, -0.25) is 9.59 Å². The lowest BCUT2D eigenvalue weighted by atomic mass is 10.0. The third kappa shape index (κ3) is 4.11. The highest BCUT2D eigenvalue weighted by atomic mass is 16.5. The van der Waals surface area contributed by atoms with Crippen molar-refractivity contribution in [3.8, 4) is 0 Å². The fourth-order valence-corrected chi connectivity index (χ4v) is 3.22. The molecular formula is C19H25N3O5. The fourth-order valence-electron chi connectivity index (χ4n) is 3.22. The van der Waals surface area contributed by atoms with E-state index >= 15 is 0 Å². The number of aliphatic hydroxyl groups excluding tert-OH is 1. The Morgan fingerprint density at radius 1 is 1.22 bits per heavy atom. The van der Waals surface area contributed by atoms with Gasteiger partial charge in [0.1, 0.15) is 5.70 Å². The van der Waals surface area contributed by atoms with Gasteiger partial charge in [0, 0.05) is 24.8 Å². The average molecular weight is 375 g/mol. The van der Waals surface area contributed by atoms with Crippen molar-refractivity contribution in [1.82, 2.24) is 4.90 Å². The summed E-state index contributed by atoms with van der Waals surface area (Å²) >= 11 is 0. The molecule has 0 bridgehead atoms. The summed E-state index contributed by atoms with van der Waals surface area (Å²) in [5.41, 5.74) is 4.15. The molecule has 0 fully saturated rings. The summed E-state index contributed by atoms with van der Waals surface area (Å²) < 4.78 is 4.80. The molecule has 0 saturated heterocycles. The van der Waals surface area contributed by atoms with Gasteiger partial charge < -0.3 is 25.4 Å². The van der Waals surface area contributed by atoms with Crippen LogP contribution in [0, 0.1) is 20.8 Å². The summed E-state index contributed by atoms with van der Waals surface area (Å²) in [4.78, 5) is 37.7. The van der Waals surface area contributed by atoms with E-state index in [2.05, 4.69) is 10.6 Å². The van der Waals surface area contributed by atoms with Crippen molar-refractivity contribution >= 4 is 29.2 Å². The smallest absolute Gasteiger partial charge is 0.337 e. The lowest BCUT2D eigenvalue weighted by molar-refractivity contribution is -0.136. The second kappa shape index (κ2) is 8.22. The van der Waals surface area contributed by atoms with Gasteiger partial charge in [0.15, 0.2) is 0 Å². The van der Waals surface area contributed by atoms with Crippen LogP contribution in [0.25, 0.3) is 0 Å². The molecule has 8 nitrogen and oxygen atoms in total. The number of hydrogen-bond donors (Lipinski definition) is 3. The van der Waals surface area contributed by atoms with Crippen molar-refractivity contribution in [2.24, 2.45) is 0 Å². The van der Waals surface area contributed by atoms with E-state index in [4.69, 9.17) is 9.84 Å². The number of nitrogens with one attached hydrogen (secondary N) is 2. The molecule has 1 aromatic rings. The number of amides is 2. The van der Waals surface area contributed by atoms with E-state index in [9.17, 15) is 14.4 Å². The van der Waals surface area contributed by atoms with Gasteiger partial charge in [-0.2, -0.15) is 0 Å². The molecule has 0 saturated carbocycles. The van der Waals surface area contributed by atoms with Gasteiger partial charge in [-0.1, -0.05) is 6.07 Å². The number of carbonyl (C=O) groups excluding carboxylic acids is 3. The zero-order chi connectivity index (χ0) is 20.3. The average Bonchev–Trinajstić information content (AvgIpc) is 2.91. The van der Waals surface area contributed by atoms with Crippen molar-refractivity contribution in [2.45, 2.75) is 27.7 Å². The molecule has 0 atom stereocenters. The topological polar surface area (TPSA) is 108 Å². The maximum absolute atomic E-state index is 12.7. The van der Waals surface area contributed by atoms with E-state index < -0.39 is 5.97 Å². The summed E-state index contributed by atoms with van der Waals surface area (Å²) in [7, 11) is 1.25. The molecule has 0 aliphatic carbocycles. The second-order valence-electron chi connectivity index (χ2n) is 6.49. The summed E-state index contributed by atoms with van der Waals surface area (Å²) in [6.07, 6.45) is 0. The second-order valence-corrected chi connectivity index (χ2v) is 6.49. The Labute approximate surface area is 158 Å². The van der Waals surface area contributed by atoms with Crippen molar-refractivity contribution in [2.75, 3.05) is 37.4 Å². The van der Waals surface area contributed by atoms with Crippen molar-refractivity contribution in [3.05, 3.63) is 34.0 Å². The molecule has 8 heteroatoms. The first-order chi connectivity index (χ1) is 12.7. The van der Waals surface area contributed by atoms with Gasteiger partial charge in [-0.15, -0.1) is 0 Å². The van der Waals surface area contributed by atoms with Crippen molar-refractivity contribution in [1.29, 1.82) is 0 Å². The van der Waals surface area contributed by atoms with Crippen LogP contribution in [0.3, 0.4) is 0 Å². The van der Waals surface area contributed by atoms with E-state index in [1.54, 1.807) is 0 Å². The van der Waals surface area contributed by atoms with Crippen LogP contribution in [0.1, 0.15) is 23.6 Å². The number of carbonyl (C=O) groups is 3. The van der Waals surface area contributed by atoms with Gasteiger partial charge in [0.05, 0.1) is 25.8 Å². The van der Waals surface area contributed by atoms with E-state index in [0.717, 1.165) is 16.7 Å². The van der Waals surface area contributed by atoms with Crippen molar-refractivity contribution < 1.29 is 24.2 Å². The molecule has 1 aliphatic heterocycles. The molecule has 3 N–H and O–H groups in total. The number of methoxy groups -OCH3 is 1. The fraction of sp³-hybridized carbons (Fsp3) is 0.421. The molecule has 0 unspecified atom stereocenters. The third-order valence-corrected chi connectivity index (χ3v) is 4.48. The number of aliphatic hydroxyl groups is 1. The quantitative estimate of drug-likeness (QED) is 0.646. The minimum absolute atomic E-state index is 0.0664. The van der Waals surface area contributed by atoms with Crippen LogP contribution in [0.5, 0.6) is 0 Å². The summed E-state index contributed by atoms with van der Waals surface area (Å²) in [5.74, 6) is -1.18. The zero-order valence-corrected chi connectivity index (χ0v) is 16.2. The summed E-state index contributed by atoms with van der Waals surface area (Å²) in [5, 5.41) is 15.0. The Balaban J connectivity index is 2.51. The van der Waals surface area contributed by atoms with Crippen LogP contribution in [0.2, 0.25) is 0 Å². The third-order valence-electron chi connectivity index (χ3n) is 4.48. The number of anilines is 2. The number of β-amino-alcohol motifs (C(OH)–C–C–N with tert-alkyl or cyclic N) is 1. The molecular weight excluding hydrogens is 350 g/mol. The van der Waals surface area contributed by atoms with Crippen LogP contribution >= 0.6 is 0 Å². The highest BCUT2D eigenvalue weighted by Crippen LogP contribution is 2.33. The van der Waals surface area contributed by atoms with Gasteiger partial charge in [-0.25, -0.2) is 4.79 Å². The minimum Gasteiger partial charge on any atom is -0.466 e. The Bertz CT molecular complexity index is 829. The van der Waals surface area contributed by atoms with Crippen LogP contribution in [-0.2, 0) is 19.1 Å². The predicted octanol–water partition coefficient (Wildman–Crippen LogP) is 1.24. The molecule has 1 heterocycles. The van der Waals surface area contributed by atoms with Crippen LogP contribution in [0.4, 0.5) is 11.4 Å². The Morgan fingerprint density at radius 3 is 2.41 bits per heavy atom. The number of esters is 1. The first-order valence-corrected chi connectivity index (χ1v) is 8.58. The number of hydrogen-bond acceptors (Lipinski definition) is 6. The van der Waals surface area contributed by atoms with Gasteiger partial charge in [-0.05, 0) is 37.5 Å². The Morgan fingerprint density at radius 2 is 1.85 bits per heavy atom. The number of ether oxygens (including phenoxy) is 1. The number of nitrogens with zero attached hydrogens (tertiary/aromatic N) is 1. The predicted molar refractivity (Wildman–Crippen MR) is 101 cm³/mol. The molecule has 0 radical (unpaired) electrons. The summed E-state index contributed by atoms with van der Waals surface area (Å²) in [6, 6.07) is 1.89. The highest BCUT2D eigenvalue weighted by Gasteiger charge is 2.35. The number of aryl methyl sites for hydroxylation is 2. The molecule has 1 aromatic carbocycles. The number of rotatable bonds is 6. The summed E-state index contributed by atoms with van der Waals surface area (Å²) in [6.45, 7) is 7.00. The van der Waals surface area contributed by atoms with E-state index in [1.165, 1.54) is 18.9 Å². The van der Waals surface area contributed by atoms with E-state index in [-0.39, 0.29) is 42.8 Å². The van der Waals surface area contributed by atoms with Crippen molar-refractivity contribution in [3.63, 3.8) is 0 Å². The monoisotopic (exact) mass is 375 g/mol. The standard InChI is InChI=1S/C19H25N3O5/c1-10-8-11(2)16(12(3)15(10)20-13(4)24)21-17-14(19(26)27-5)9-22(6-7-23)18(17)25/h8,21,23H,6-7,9H2,1-5H3,(H,20,24). The first kappa shape index (κ1) is 20.4. The maximum atomic E-state index is 12.7. The van der Waals surface area contributed by atoms with Crippen LogP contribution in [-0.4, -0.2) is 54.6 Å². The maximum Gasteiger partial charge on any atom is 0.337 e. The van der Waals surface area contributed by atoms with Crippen LogP contribution < -0.4 is 10.6 Å². The zero-order valence-electron chi connectivity index (χ0n) is 16.2. The number of benzene rings is 1. The van der Waals surface area contributed by atoms with Gasteiger partial charge >= 0.3 is 5.97 Å². The highest BCUT2D eigenvalue weighted by molar-refractivity contribution is 6.09. The molecule has 27 heavy (non-hydrogen) atoms. The van der Waals surface area contributed by atoms with Gasteiger partial charge in [0.2, 0.25) is 5.91 Å². The first-order valence-electron chi connectivity index (χ1n) is 8.58. The molecule has 0 spiro atoms. The SMILES string of the molecule is COC(=O)C1=C(Nc2c(C)cc(C)c(NC(C)=O)c2C)C(=O)N(CCO)C1. The molecule has 1 aliphatic rings.